The molecule has 0 bridgehead atoms. The van der Waals surface area contributed by atoms with E-state index in [0.29, 0.717) is 5.69 Å². The summed E-state index contributed by atoms with van der Waals surface area (Å²) in [6, 6.07) is 5.38. The molecule has 7 nitrogen and oxygen atoms in total. The quantitative estimate of drug-likeness (QED) is 0.908. The second kappa shape index (κ2) is 6.95. The molecule has 0 fully saturated rings. The lowest BCUT2D eigenvalue weighted by atomic mass is 10.1. The molecule has 0 aliphatic carbocycles. The third-order valence-corrected chi connectivity index (χ3v) is 3.54. The molecule has 2 N–H and O–H groups in total. The predicted octanol–water partition coefficient (Wildman–Crippen LogP) is 2.23. The Balaban J connectivity index is 1.97. The van der Waals surface area contributed by atoms with Gasteiger partial charge in [-0.3, -0.25) is 9.48 Å². The molecule has 3 amide bonds. The van der Waals surface area contributed by atoms with Crippen LogP contribution in [-0.4, -0.2) is 40.7 Å². The third kappa shape index (κ3) is 4.32. The minimum Gasteiger partial charge on any atom is -0.347 e. The maximum atomic E-state index is 12.1. The molecule has 0 aliphatic heterocycles. The average Bonchev–Trinajstić information content (AvgIpc) is 2.90. The number of anilines is 2. The van der Waals surface area contributed by atoms with E-state index in [1.54, 1.807) is 20.3 Å². The highest BCUT2D eigenvalue weighted by Crippen LogP contribution is 2.18. The third-order valence-electron chi connectivity index (χ3n) is 3.54. The number of benzene rings is 1. The largest absolute Gasteiger partial charge is 0.347 e. The molecule has 2 rings (SSSR count). The first-order chi connectivity index (χ1) is 10.9. The lowest BCUT2D eigenvalue weighted by Crippen LogP contribution is -2.26. The molecule has 122 valence electrons. The summed E-state index contributed by atoms with van der Waals surface area (Å²) in [5.41, 5.74) is 3.42. The predicted molar refractivity (Wildman–Crippen MR) is 89.5 cm³/mol. The van der Waals surface area contributed by atoms with Crippen molar-refractivity contribution in [1.82, 2.24) is 14.7 Å². The van der Waals surface area contributed by atoms with Gasteiger partial charge in [-0.1, -0.05) is 12.1 Å². The van der Waals surface area contributed by atoms with Crippen LogP contribution in [0.3, 0.4) is 0 Å². The Labute approximate surface area is 135 Å². The Morgan fingerprint density at radius 3 is 2.65 bits per heavy atom. The summed E-state index contributed by atoms with van der Waals surface area (Å²) >= 11 is 0. The van der Waals surface area contributed by atoms with E-state index in [0.717, 1.165) is 16.8 Å². The van der Waals surface area contributed by atoms with Gasteiger partial charge in [-0.05, 0) is 31.0 Å². The zero-order valence-electron chi connectivity index (χ0n) is 13.8. The van der Waals surface area contributed by atoms with Crippen molar-refractivity contribution < 1.29 is 9.59 Å². The smallest absolute Gasteiger partial charge is 0.323 e. The fourth-order valence-corrected chi connectivity index (χ4v) is 1.97. The number of nitrogens with one attached hydrogen (secondary N) is 2. The number of aryl methyl sites for hydroxylation is 1. The highest BCUT2D eigenvalue weighted by molar-refractivity contribution is 6.00. The SMILES string of the molecule is Cc1cccc(NC(=O)Nc2cnn(CC(=O)N(C)C)c2)c1C. The Morgan fingerprint density at radius 2 is 1.96 bits per heavy atom. The summed E-state index contributed by atoms with van der Waals surface area (Å²) in [5.74, 6) is -0.0699. The Hall–Kier alpha value is -2.83. The first kappa shape index (κ1) is 16.5. The van der Waals surface area contributed by atoms with E-state index in [9.17, 15) is 9.59 Å². The van der Waals surface area contributed by atoms with Crippen LogP contribution in [0.2, 0.25) is 0 Å². The van der Waals surface area contributed by atoms with Crippen LogP contribution in [0.25, 0.3) is 0 Å². The van der Waals surface area contributed by atoms with Gasteiger partial charge in [-0.15, -0.1) is 0 Å². The highest BCUT2D eigenvalue weighted by Gasteiger charge is 2.09. The highest BCUT2D eigenvalue weighted by atomic mass is 16.2. The maximum Gasteiger partial charge on any atom is 0.323 e. The molecule has 0 saturated heterocycles. The van der Waals surface area contributed by atoms with Crippen LogP contribution in [0.1, 0.15) is 11.1 Å². The Kier molecular flexibility index (Phi) is 5.00. The van der Waals surface area contributed by atoms with Gasteiger partial charge in [0.2, 0.25) is 5.91 Å². The van der Waals surface area contributed by atoms with Crippen LogP contribution < -0.4 is 10.6 Å². The van der Waals surface area contributed by atoms with Crippen molar-refractivity contribution in [3.63, 3.8) is 0 Å². The van der Waals surface area contributed by atoms with Crippen molar-refractivity contribution in [3.8, 4) is 0 Å². The summed E-state index contributed by atoms with van der Waals surface area (Å²) in [6.07, 6.45) is 3.12. The molecule has 0 radical (unpaired) electrons. The fourth-order valence-electron chi connectivity index (χ4n) is 1.97. The van der Waals surface area contributed by atoms with E-state index in [2.05, 4.69) is 15.7 Å². The van der Waals surface area contributed by atoms with Gasteiger partial charge in [-0.2, -0.15) is 5.10 Å². The lowest BCUT2D eigenvalue weighted by molar-refractivity contribution is -0.129. The number of hydrogen-bond acceptors (Lipinski definition) is 3. The Morgan fingerprint density at radius 1 is 1.22 bits per heavy atom. The number of likely N-dealkylation sites (N-methyl/N-ethyl adjacent to an activating group) is 1. The minimum absolute atomic E-state index is 0.0699. The number of urea groups is 1. The normalized spacial score (nSPS) is 10.3. The summed E-state index contributed by atoms with van der Waals surface area (Å²) in [4.78, 5) is 25.2. The summed E-state index contributed by atoms with van der Waals surface area (Å²) in [7, 11) is 3.37. The molecule has 0 atom stereocenters. The first-order valence-corrected chi connectivity index (χ1v) is 7.23. The molecular formula is C16H21N5O2. The molecule has 2 aromatic rings. The fraction of sp³-hybridized carbons (Fsp3) is 0.312. The summed E-state index contributed by atoms with van der Waals surface area (Å²) in [5, 5.41) is 9.56. The molecule has 7 heteroatoms. The monoisotopic (exact) mass is 315 g/mol. The van der Waals surface area contributed by atoms with Crippen molar-refractivity contribution in [1.29, 1.82) is 0 Å². The van der Waals surface area contributed by atoms with Crippen molar-refractivity contribution in [2.75, 3.05) is 24.7 Å². The molecule has 0 spiro atoms. The van der Waals surface area contributed by atoms with Crippen LogP contribution in [0.15, 0.2) is 30.6 Å². The molecule has 0 unspecified atom stereocenters. The van der Waals surface area contributed by atoms with Crippen LogP contribution >= 0.6 is 0 Å². The van der Waals surface area contributed by atoms with Gasteiger partial charge < -0.3 is 15.5 Å². The van der Waals surface area contributed by atoms with Crippen molar-refractivity contribution in [2.45, 2.75) is 20.4 Å². The van der Waals surface area contributed by atoms with Gasteiger partial charge in [0.05, 0.1) is 11.9 Å². The number of carbonyl (C=O) groups is 2. The van der Waals surface area contributed by atoms with Crippen LogP contribution in [-0.2, 0) is 11.3 Å². The number of rotatable bonds is 4. The number of amides is 3. The molecule has 1 aromatic heterocycles. The van der Waals surface area contributed by atoms with E-state index >= 15 is 0 Å². The van der Waals surface area contributed by atoms with E-state index in [1.165, 1.54) is 15.8 Å². The van der Waals surface area contributed by atoms with E-state index in [1.807, 2.05) is 32.0 Å². The van der Waals surface area contributed by atoms with Crippen LogP contribution in [0.4, 0.5) is 16.2 Å². The van der Waals surface area contributed by atoms with Crippen molar-refractivity contribution in [2.24, 2.45) is 0 Å². The summed E-state index contributed by atoms with van der Waals surface area (Å²) in [6.45, 7) is 4.08. The molecule has 1 aromatic carbocycles. The number of aromatic nitrogens is 2. The van der Waals surface area contributed by atoms with Crippen molar-refractivity contribution in [3.05, 3.63) is 41.7 Å². The van der Waals surface area contributed by atoms with Gasteiger partial charge in [0, 0.05) is 26.0 Å². The van der Waals surface area contributed by atoms with Gasteiger partial charge in [0.25, 0.3) is 0 Å². The second-order valence-electron chi connectivity index (χ2n) is 5.54. The van der Waals surface area contributed by atoms with E-state index in [-0.39, 0.29) is 18.5 Å². The van der Waals surface area contributed by atoms with Gasteiger partial charge in [-0.25, -0.2) is 4.79 Å². The molecule has 23 heavy (non-hydrogen) atoms. The summed E-state index contributed by atoms with van der Waals surface area (Å²) < 4.78 is 1.48. The van der Waals surface area contributed by atoms with Gasteiger partial charge in [0.15, 0.2) is 0 Å². The molecule has 0 aliphatic rings. The zero-order valence-corrected chi connectivity index (χ0v) is 13.8. The van der Waals surface area contributed by atoms with Crippen LogP contribution in [0.5, 0.6) is 0 Å². The van der Waals surface area contributed by atoms with E-state index in [4.69, 9.17) is 0 Å². The molecule has 1 heterocycles. The minimum atomic E-state index is -0.350. The second-order valence-corrected chi connectivity index (χ2v) is 5.54. The Bertz CT molecular complexity index is 721. The topological polar surface area (TPSA) is 79.3 Å². The molecular weight excluding hydrogens is 294 g/mol. The van der Waals surface area contributed by atoms with Gasteiger partial charge in [0.1, 0.15) is 6.54 Å². The van der Waals surface area contributed by atoms with Crippen LogP contribution in [0, 0.1) is 13.8 Å². The average molecular weight is 315 g/mol. The molecule has 0 saturated carbocycles. The maximum absolute atomic E-state index is 12.1. The first-order valence-electron chi connectivity index (χ1n) is 7.23. The number of nitrogens with zero attached hydrogens (tertiary/aromatic N) is 3. The standard InChI is InChI=1S/C16H21N5O2/c1-11-6-5-7-14(12(11)2)19-16(23)18-13-8-17-21(9-13)10-15(22)20(3)4/h5-9H,10H2,1-4H3,(H2,18,19,23). The van der Waals surface area contributed by atoms with Gasteiger partial charge >= 0.3 is 6.03 Å². The number of carbonyl (C=O) groups excluding carboxylic acids is 2. The van der Waals surface area contributed by atoms with E-state index < -0.39 is 0 Å². The lowest BCUT2D eigenvalue weighted by Gasteiger charge is -2.10. The zero-order chi connectivity index (χ0) is 17.0. The van der Waals surface area contributed by atoms with Crippen molar-refractivity contribution >= 4 is 23.3 Å². The number of hydrogen-bond donors (Lipinski definition) is 2.